The number of hydrogen-bond donors (Lipinski definition) is 0. The Kier molecular flexibility index (Phi) is 6.02. The zero-order valence-corrected chi connectivity index (χ0v) is 10.1. The van der Waals surface area contributed by atoms with Gasteiger partial charge >= 0.3 is 0 Å². The third-order valence-electron chi connectivity index (χ3n) is 1.95. The average molecular weight is 232 g/mol. The molecule has 0 heterocycles. The van der Waals surface area contributed by atoms with E-state index >= 15 is 0 Å². The molecule has 0 aliphatic rings. The molecule has 0 amide bonds. The normalized spacial score (nSPS) is 9.82. The molecule has 0 aromatic heterocycles. The molecular weight excluding hydrogens is 216 g/mol. The maximum Gasteiger partial charge on any atom is 0.261 e. The Morgan fingerprint density at radius 2 is 1.76 bits per heavy atom. The lowest BCUT2D eigenvalue weighted by molar-refractivity contribution is -0.162. The Hall–Kier alpha value is -1.63. The second-order valence-electron chi connectivity index (χ2n) is 3.22. The molecule has 1 aromatic rings. The van der Waals surface area contributed by atoms with Gasteiger partial charge in [0.05, 0.1) is 0 Å². The summed E-state index contributed by atoms with van der Waals surface area (Å²) in [5.74, 6) is 4.96. The van der Waals surface area contributed by atoms with Gasteiger partial charge < -0.3 is 9.47 Å². The standard InChI is InChI=1S/C14H16O3/c1-3-16-14(17-4-2)13(15)11-10-12-8-6-5-7-9-12/h5-9,14H,3-4H2,1-2H3. The van der Waals surface area contributed by atoms with Crippen LogP contribution in [0.15, 0.2) is 30.3 Å². The number of ketones is 1. The second-order valence-corrected chi connectivity index (χ2v) is 3.22. The van der Waals surface area contributed by atoms with Crippen molar-refractivity contribution in [3.63, 3.8) is 0 Å². The number of rotatable bonds is 5. The maximum absolute atomic E-state index is 11.7. The zero-order valence-electron chi connectivity index (χ0n) is 10.1. The van der Waals surface area contributed by atoms with Gasteiger partial charge in [0.2, 0.25) is 6.29 Å². The average Bonchev–Trinajstić information content (AvgIpc) is 2.37. The van der Waals surface area contributed by atoms with Crippen molar-refractivity contribution in [2.24, 2.45) is 0 Å². The van der Waals surface area contributed by atoms with Gasteiger partial charge in [-0.05, 0) is 31.9 Å². The quantitative estimate of drug-likeness (QED) is 0.575. The first kappa shape index (κ1) is 13.4. The molecule has 0 spiro atoms. The van der Waals surface area contributed by atoms with Crippen molar-refractivity contribution in [3.8, 4) is 11.8 Å². The van der Waals surface area contributed by atoms with Crippen molar-refractivity contribution in [2.75, 3.05) is 13.2 Å². The third kappa shape index (κ3) is 4.81. The van der Waals surface area contributed by atoms with Gasteiger partial charge in [-0.3, -0.25) is 4.79 Å². The summed E-state index contributed by atoms with van der Waals surface area (Å²) in [4.78, 5) is 11.7. The molecule has 0 saturated carbocycles. The Morgan fingerprint density at radius 3 is 2.29 bits per heavy atom. The van der Waals surface area contributed by atoms with Gasteiger partial charge in [0.1, 0.15) is 0 Å². The number of ether oxygens (including phenoxy) is 2. The van der Waals surface area contributed by atoms with E-state index in [2.05, 4.69) is 11.8 Å². The highest BCUT2D eigenvalue weighted by Gasteiger charge is 2.15. The number of hydrogen-bond acceptors (Lipinski definition) is 3. The molecule has 17 heavy (non-hydrogen) atoms. The van der Waals surface area contributed by atoms with E-state index < -0.39 is 6.29 Å². The first-order valence-corrected chi connectivity index (χ1v) is 5.62. The minimum Gasteiger partial charge on any atom is -0.346 e. The number of Topliss-reactive ketones (excluding diaryl/α,β-unsaturated/α-hetero) is 1. The van der Waals surface area contributed by atoms with Crippen LogP contribution in [0, 0.1) is 11.8 Å². The molecule has 0 saturated heterocycles. The Morgan fingerprint density at radius 1 is 1.18 bits per heavy atom. The first-order valence-electron chi connectivity index (χ1n) is 5.62. The van der Waals surface area contributed by atoms with Crippen LogP contribution in [-0.4, -0.2) is 25.3 Å². The van der Waals surface area contributed by atoms with E-state index in [1.54, 1.807) is 0 Å². The van der Waals surface area contributed by atoms with Crippen molar-refractivity contribution in [1.82, 2.24) is 0 Å². The molecule has 0 atom stereocenters. The summed E-state index contributed by atoms with van der Waals surface area (Å²) in [7, 11) is 0. The van der Waals surface area contributed by atoms with Crippen molar-refractivity contribution in [1.29, 1.82) is 0 Å². The van der Waals surface area contributed by atoms with Gasteiger partial charge in [-0.25, -0.2) is 0 Å². The monoisotopic (exact) mass is 232 g/mol. The number of benzene rings is 1. The lowest BCUT2D eigenvalue weighted by Crippen LogP contribution is -2.26. The molecule has 0 fully saturated rings. The Labute approximate surface area is 102 Å². The van der Waals surface area contributed by atoms with Crippen molar-refractivity contribution < 1.29 is 14.3 Å². The fraction of sp³-hybridized carbons (Fsp3) is 0.357. The molecule has 1 rings (SSSR count). The molecule has 90 valence electrons. The minimum absolute atomic E-state index is 0.349. The van der Waals surface area contributed by atoms with Crippen LogP contribution >= 0.6 is 0 Å². The van der Waals surface area contributed by atoms with E-state index in [0.29, 0.717) is 13.2 Å². The summed E-state index contributed by atoms with van der Waals surface area (Å²) in [6.07, 6.45) is -0.874. The van der Waals surface area contributed by atoms with Gasteiger partial charge in [0.15, 0.2) is 0 Å². The largest absolute Gasteiger partial charge is 0.346 e. The van der Waals surface area contributed by atoms with Gasteiger partial charge in [0.25, 0.3) is 5.78 Å². The summed E-state index contributed by atoms with van der Waals surface area (Å²) in [5, 5.41) is 0. The Balaban J connectivity index is 2.66. The summed E-state index contributed by atoms with van der Waals surface area (Å²) in [6.45, 7) is 4.46. The summed E-state index contributed by atoms with van der Waals surface area (Å²) in [5.41, 5.74) is 0.799. The summed E-state index contributed by atoms with van der Waals surface area (Å²) in [6, 6.07) is 9.33. The fourth-order valence-electron chi connectivity index (χ4n) is 1.22. The molecule has 3 heteroatoms. The van der Waals surface area contributed by atoms with Crippen LogP contribution in [0.5, 0.6) is 0 Å². The van der Waals surface area contributed by atoms with E-state index in [1.165, 1.54) is 0 Å². The Bertz CT molecular complexity index is 394. The zero-order chi connectivity index (χ0) is 12.5. The highest BCUT2D eigenvalue weighted by Crippen LogP contribution is 1.98. The van der Waals surface area contributed by atoms with Crippen molar-refractivity contribution >= 4 is 5.78 Å². The topological polar surface area (TPSA) is 35.5 Å². The van der Waals surface area contributed by atoms with E-state index in [0.717, 1.165) is 5.56 Å². The van der Waals surface area contributed by atoms with Crippen LogP contribution in [0.1, 0.15) is 19.4 Å². The summed E-state index contributed by atoms with van der Waals surface area (Å²) < 4.78 is 10.3. The van der Waals surface area contributed by atoms with E-state index in [-0.39, 0.29) is 5.78 Å². The minimum atomic E-state index is -0.874. The predicted octanol–water partition coefficient (Wildman–Crippen LogP) is 2.01. The summed E-state index contributed by atoms with van der Waals surface area (Å²) >= 11 is 0. The van der Waals surface area contributed by atoms with Crippen LogP contribution in [0.4, 0.5) is 0 Å². The molecule has 0 aliphatic carbocycles. The number of carbonyl (C=O) groups excluding carboxylic acids is 1. The van der Waals surface area contributed by atoms with Crippen LogP contribution < -0.4 is 0 Å². The molecule has 0 aliphatic heterocycles. The SMILES string of the molecule is CCOC(OCC)C(=O)C#Cc1ccccc1. The molecule has 0 N–H and O–H groups in total. The molecule has 0 radical (unpaired) electrons. The van der Waals surface area contributed by atoms with Crippen LogP contribution in [0.2, 0.25) is 0 Å². The highest BCUT2D eigenvalue weighted by atomic mass is 16.7. The smallest absolute Gasteiger partial charge is 0.261 e. The molecule has 1 aromatic carbocycles. The van der Waals surface area contributed by atoms with E-state index in [4.69, 9.17) is 9.47 Å². The van der Waals surface area contributed by atoms with Gasteiger partial charge in [-0.1, -0.05) is 24.1 Å². The molecular formula is C14H16O3. The highest BCUT2D eigenvalue weighted by molar-refractivity contribution is 5.98. The van der Waals surface area contributed by atoms with Crippen molar-refractivity contribution in [3.05, 3.63) is 35.9 Å². The number of carbonyl (C=O) groups is 1. The van der Waals surface area contributed by atoms with Gasteiger partial charge in [-0.2, -0.15) is 0 Å². The second kappa shape index (κ2) is 7.61. The lowest BCUT2D eigenvalue weighted by atomic mass is 10.2. The molecule has 0 unspecified atom stereocenters. The molecule has 0 bridgehead atoms. The van der Waals surface area contributed by atoms with Gasteiger partial charge in [0, 0.05) is 18.8 Å². The fourth-order valence-corrected chi connectivity index (χ4v) is 1.22. The van der Waals surface area contributed by atoms with Gasteiger partial charge in [-0.15, -0.1) is 0 Å². The van der Waals surface area contributed by atoms with Crippen LogP contribution in [0.25, 0.3) is 0 Å². The van der Waals surface area contributed by atoms with E-state index in [9.17, 15) is 4.79 Å². The molecule has 3 nitrogen and oxygen atoms in total. The van der Waals surface area contributed by atoms with Crippen molar-refractivity contribution in [2.45, 2.75) is 20.1 Å². The van der Waals surface area contributed by atoms with Crippen LogP contribution in [-0.2, 0) is 14.3 Å². The van der Waals surface area contributed by atoms with Crippen LogP contribution in [0.3, 0.4) is 0 Å². The lowest BCUT2D eigenvalue weighted by Gasteiger charge is -2.11. The third-order valence-corrected chi connectivity index (χ3v) is 1.95. The van der Waals surface area contributed by atoms with E-state index in [1.807, 2.05) is 44.2 Å². The predicted molar refractivity (Wildman–Crippen MR) is 65.4 cm³/mol. The maximum atomic E-state index is 11.7. The first-order chi connectivity index (χ1) is 8.27.